The number of pyridine rings is 1. The second kappa shape index (κ2) is 6.53. The molecule has 0 bridgehead atoms. The van der Waals surface area contributed by atoms with E-state index in [1.54, 1.807) is 0 Å². The molecule has 6 heteroatoms. The molecule has 1 amide bonds. The third kappa shape index (κ3) is 2.80. The first-order valence-electron chi connectivity index (χ1n) is 8.80. The van der Waals surface area contributed by atoms with Crippen LogP contribution >= 0.6 is 0 Å². The van der Waals surface area contributed by atoms with Gasteiger partial charge in [-0.25, -0.2) is 4.98 Å². The van der Waals surface area contributed by atoms with E-state index in [1.807, 2.05) is 35.7 Å². The largest absolute Gasteiger partial charge is 0.378 e. The van der Waals surface area contributed by atoms with Gasteiger partial charge in [-0.2, -0.15) is 0 Å². The van der Waals surface area contributed by atoms with Crippen molar-refractivity contribution in [3.8, 4) is 0 Å². The zero-order chi connectivity index (χ0) is 16.5. The number of carbonyl (C=O) groups is 1. The number of piperidine rings is 1. The van der Waals surface area contributed by atoms with E-state index in [1.165, 1.54) is 19.3 Å². The van der Waals surface area contributed by atoms with Crippen molar-refractivity contribution in [3.05, 3.63) is 35.8 Å². The van der Waals surface area contributed by atoms with Crippen LogP contribution in [0.3, 0.4) is 0 Å². The molecule has 4 heterocycles. The first kappa shape index (κ1) is 15.6. The summed E-state index contributed by atoms with van der Waals surface area (Å²) in [4.78, 5) is 19.7. The van der Waals surface area contributed by atoms with Gasteiger partial charge >= 0.3 is 0 Å². The van der Waals surface area contributed by atoms with Crippen LogP contribution in [-0.2, 0) is 4.74 Å². The zero-order valence-corrected chi connectivity index (χ0v) is 14.1. The summed E-state index contributed by atoms with van der Waals surface area (Å²) in [6.07, 6.45) is 5.72. The van der Waals surface area contributed by atoms with Gasteiger partial charge in [-0.15, -0.1) is 0 Å². The molecule has 0 aliphatic carbocycles. The van der Waals surface area contributed by atoms with Gasteiger partial charge in [0.1, 0.15) is 11.3 Å². The Balaban J connectivity index is 1.51. The number of hydrogen-bond donors (Lipinski definition) is 1. The van der Waals surface area contributed by atoms with Gasteiger partial charge in [-0.3, -0.25) is 9.69 Å². The molecule has 2 saturated heterocycles. The number of aryl methyl sites for hydroxylation is 1. The molecule has 2 aromatic heterocycles. The van der Waals surface area contributed by atoms with Gasteiger partial charge < -0.3 is 14.5 Å². The quantitative estimate of drug-likeness (QED) is 0.930. The van der Waals surface area contributed by atoms with E-state index in [2.05, 4.69) is 15.2 Å². The SMILES string of the molecule is Cc1c(C(=O)N[C@H]2COC[C@@H]2N2CCCCC2)nc2ccccn12. The van der Waals surface area contributed by atoms with E-state index < -0.39 is 0 Å². The van der Waals surface area contributed by atoms with Crippen molar-refractivity contribution >= 4 is 11.6 Å². The lowest BCUT2D eigenvalue weighted by Gasteiger charge is -2.34. The Labute approximate surface area is 141 Å². The maximum atomic E-state index is 12.8. The summed E-state index contributed by atoms with van der Waals surface area (Å²) < 4.78 is 7.61. The third-order valence-corrected chi connectivity index (χ3v) is 5.21. The van der Waals surface area contributed by atoms with Crippen LogP contribution in [0.5, 0.6) is 0 Å². The fraction of sp³-hybridized carbons (Fsp3) is 0.556. The fourth-order valence-corrected chi connectivity index (χ4v) is 3.86. The second-order valence-electron chi connectivity index (χ2n) is 6.76. The first-order valence-corrected chi connectivity index (χ1v) is 8.80. The molecule has 1 N–H and O–H groups in total. The number of fused-ring (bicyclic) bond motifs is 1. The lowest BCUT2D eigenvalue weighted by atomic mass is 10.0. The molecule has 2 aliphatic heterocycles. The van der Waals surface area contributed by atoms with Gasteiger partial charge in [0.2, 0.25) is 0 Å². The van der Waals surface area contributed by atoms with Crippen molar-refractivity contribution in [2.24, 2.45) is 0 Å². The van der Waals surface area contributed by atoms with Crippen LogP contribution < -0.4 is 5.32 Å². The molecule has 4 rings (SSSR count). The molecule has 6 nitrogen and oxygen atoms in total. The Kier molecular flexibility index (Phi) is 4.24. The highest BCUT2D eigenvalue weighted by Crippen LogP contribution is 2.20. The number of imidazole rings is 1. The Morgan fingerprint density at radius 1 is 1.25 bits per heavy atom. The van der Waals surface area contributed by atoms with Gasteiger partial charge in [-0.05, 0) is 45.0 Å². The number of hydrogen-bond acceptors (Lipinski definition) is 4. The number of amides is 1. The Morgan fingerprint density at radius 3 is 2.88 bits per heavy atom. The molecule has 0 radical (unpaired) electrons. The first-order chi connectivity index (χ1) is 11.7. The van der Waals surface area contributed by atoms with E-state index >= 15 is 0 Å². The molecule has 128 valence electrons. The lowest BCUT2D eigenvalue weighted by molar-refractivity contribution is 0.0895. The predicted molar refractivity (Wildman–Crippen MR) is 91.2 cm³/mol. The third-order valence-electron chi connectivity index (χ3n) is 5.21. The standard InChI is InChI=1S/C18H24N4O2/c1-13-17(20-16-7-3-6-10-22(13)16)18(23)19-14-11-24-12-15(14)21-8-4-2-5-9-21/h3,6-7,10,14-15H,2,4-5,8-9,11-12H2,1H3,(H,19,23)/t14-,15-/m0/s1. The van der Waals surface area contributed by atoms with Crippen LogP contribution in [0.4, 0.5) is 0 Å². The summed E-state index contributed by atoms with van der Waals surface area (Å²) >= 11 is 0. The van der Waals surface area contributed by atoms with E-state index in [0.29, 0.717) is 18.9 Å². The number of ether oxygens (including phenoxy) is 1. The summed E-state index contributed by atoms with van der Waals surface area (Å²) in [5.74, 6) is -0.103. The molecule has 0 aromatic carbocycles. The average Bonchev–Trinajstić information content (AvgIpc) is 3.21. The van der Waals surface area contributed by atoms with Gasteiger partial charge in [0.25, 0.3) is 5.91 Å². The van der Waals surface area contributed by atoms with Crippen molar-refractivity contribution in [1.29, 1.82) is 0 Å². The van der Waals surface area contributed by atoms with Crippen LogP contribution in [-0.4, -0.2) is 58.6 Å². The molecular formula is C18H24N4O2. The lowest BCUT2D eigenvalue weighted by Crippen LogP contribution is -2.52. The molecule has 2 fully saturated rings. The maximum absolute atomic E-state index is 12.8. The molecule has 2 atom stereocenters. The topological polar surface area (TPSA) is 58.9 Å². The van der Waals surface area contributed by atoms with E-state index in [9.17, 15) is 4.79 Å². The Bertz CT molecular complexity index is 736. The van der Waals surface area contributed by atoms with E-state index in [-0.39, 0.29) is 18.0 Å². The molecule has 2 aliphatic rings. The number of rotatable bonds is 3. The smallest absolute Gasteiger partial charge is 0.272 e. The van der Waals surface area contributed by atoms with E-state index in [0.717, 1.165) is 24.4 Å². The van der Waals surface area contributed by atoms with Crippen LogP contribution in [0, 0.1) is 6.92 Å². The molecule has 2 aromatic rings. The molecule has 0 unspecified atom stereocenters. The van der Waals surface area contributed by atoms with Gasteiger partial charge in [0.15, 0.2) is 0 Å². The predicted octanol–water partition coefficient (Wildman–Crippen LogP) is 1.63. The highest BCUT2D eigenvalue weighted by atomic mass is 16.5. The van der Waals surface area contributed by atoms with Gasteiger partial charge in [-0.1, -0.05) is 12.5 Å². The van der Waals surface area contributed by atoms with Crippen LogP contribution in [0.1, 0.15) is 35.4 Å². The maximum Gasteiger partial charge on any atom is 0.272 e. The van der Waals surface area contributed by atoms with Crippen molar-refractivity contribution in [2.45, 2.75) is 38.3 Å². The average molecular weight is 328 g/mol. The summed E-state index contributed by atoms with van der Waals surface area (Å²) in [6, 6.07) is 6.12. The van der Waals surface area contributed by atoms with Crippen molar-refractivity contribution in [3.63, 3.8) is 0 Å². The van der Waals surface area contributed by atoms with Crippen LogP contribution in [0.15, 0.2) is 24.4 Å². The molecule has 0 spiro atoms. The number of likely N-dealkylation sites (tertiary alicyclic amines) is 1. The normalized spacial score (nSPS) is 25.2. The minimum atomic E-state index is -0.103. The minimum absolute atomic E-state index is 0.0415. The highest BCUT2D eigenvalue weighted by Gasteiger charge is 2.35. The summed E-state index contributed by atoms with van der Waals surface area (Å²) in [6.45, 7) is 5.43. The van der Waals surface area contributed by atoms with Gasteiger partial charge in [0.05, 0.1) is 31.0 Å². The number of carbonyl (C=O) groups excluding carboxylic acids is 1. The number of aromatic nitrogens is 2. The Hall–Kier alpha value is -1.92. The van der Waals surface area contributed by atoms with Crippen molar-refractivity contribution in [2.75, 3.05) is 26.3 Å². The Morgan fingerprint density at radius 2 is 2.08 bits per heavy atom. The van der Waals surface area contributed by atoms with Crippen LogP contribution in [0.2, 0.25) is 0 Å². The summed E-state index contributed by atoms with van der Waals surface area (Å²) in [5, 5.41) is 3.16. The van der Waals surface area contributed by atoms with E-state index in [4.69, 9.17) is 4.74 Å². The summed E-state index contributed by atoms with van der Waals surface area (Å²) in [7, 11) is 0. The minimum Gasteiger partial charge on any atom is -0.378 e. The highest BCUT2D eigenvalue weighted by molar-refractivity contribution is 5.94. The molecular weight excluding hydrogens is 304 g/mol. The van der Waals surface area contributed by atoms with Crippen molar-refractivity contribution in [1.82, 2.24) is 19.6 Å². The van der Waals surface area contributed by atoms with Crippen LogP contribution in [0.25, 0.3) is 5.65 Å². The fourth-order valence-electron chi connectivity index (χ4n) is 3.86. The van der Waals surface area contributed by atoms with Gasteiger partial charge in [0, 0.05) is 6.20 Å². The molecule has 0 saturated carbocycles. The van der Waals surface area contributed by atoms with Crippen molar-refractivity contribution < 1.29 is 9.53 Å². The number of nitrogens with zero attached hydrogens (tertiary/aromatic N) is 3. The number of nitrogens with one attached hydrogen (secondary N) is 1. The summed E-state index contributed by atoms with van der Waals surface area (Å²) in [5.41, 5.74) is 2.18. The second-order valence-corrected chi connectivity index (χ2v) is 6.76. The monoisotopic (exact) mass is 328 g/mol. The zero-order valence-electron chi connectivity index (χ0n) is 14.1. The molecule has 24 heavy (non-hydrogen) atoms.